The van der Waals surface area contributed by atoms with E-state index in [1.165, 1.54) is 0 Å². The van der Waals surface area contributed by atoms with Crippen LogP contribution in [0.1, 0.15) is 101 Å². The molecule has 0 saturated carbocycles. The molecule has 0 rings (SSSR count). The van der Waals surface area contributed by atoms with Crippen LogP contribution in [0.25, 0.3) is 0 Å². The zero-order chi connectivity index (χ0) is 25.4. The lowest BCUT2D eigenvalue weighted by Crippen LogP contribution is -2.41. The highest BCUT2D eigenvalue weighted by Gasteiger charge is 2.37. The minimum Gasteiger partial charge on any atom is -0.465 e. The highest BCUT2D eigenvalue weighted by Crippen LogP contribution is 2.38. The van der Waals surface area contributed by atoms with Crippen LogP contribution in [0.2, 0.25) is 0 Å². The van der Waals surface area contributed by atoms with Gasteiger partial charge in [0, 0.05) is 18.4 Å². The van der Waals surface area contributed by atoms with Crippen molar-refractivity contribution in [3.8, 4) is 0 Å². The minimum atomic E-state index is -0.846. The second kappa shape index (κ2) is 12.2. The van der Waals surface area contributed by atoms with E-state index in [9.17, 15) is 14.4 Å². The number of ketones is 1. The summed E-state index contributed by atoms with van der Waals surface area (Å²) in [6.45, 7) is 20.5. The number of hydrogen-bond acceptors (Lipinski definition) is 5. The smallest absolute Gasteiger partial charge is 0.306 e. The van der Waals surface area contributed by atoms with Crippen molar-refractivity contribution >= 4 is 17.7 Å². The topological polar surface area (TPSA) is 92.7 Å². The first-order valence-electron chi connectivity index (χ1n) is 11.9. The Morgan fingerprint density at radius 3 is 1.91 bits per heavy atom. The Morgan fingerprint density at radius 1 is 0.875 bits per heavy atom. The average Bonchev–Trinajstić information content (AvgIpc) is 2.59. The first kappa shape index (κ1) is 30.6. The number of esters is 1. The van der Waals surface area contributed by atoms with Crippen LogP contribution >= 0.6 is 0 Å². The Hall–Kier alpha value is -1.43. The number of rotatable bonds is 14. The number of hydrogen-bond donors (Lipinski definition) is 2. The number of Topliss-reactive ketones (excluding diaryl/α,β-unsaturated/α-hetero) is 1. The number of aliphatic hydroxyl groups is 1. The molecular weight excluding hydrogens is 406 g/mol. The van der Waals surface area contributed by atoms with Gasteiger partial charge in [-0.25, -0.2) is 0 Å². The van der Waals surface area contributed by atoms with Gasteiger partial charge in [-0.15, -0.1) is 0 Å². The summed E-state index contributed by atoms with van der Waals surface area (Å²) in [6.07, 6.45) is 2.63. The molecule has 0 heterocycles. The maximum atomic E-state index is 13.3. The van der Waals surface area contributed by atoms with Crippen LogP contribution in [-0.4, -0.2) is 42.5 Å². The molecule has 0 spiro atoms. The van der Waals surface area contributed by atoms with E-state index in [4.69, 9.17) is 9.84 Å². The molecule has 0 radical (unpaired) electrons. The molecule has 188 valence electrons. The summed E-state index contributed by atoms with van der Waals surface area (Å²) in [5.41, 5.74) is -0.842. The van der Waals surface area contributed by atoms with Gasteiger partial charge < -0.3 is 15.2 Å². The molecule has 2 N–H and O–H groups in total. The summed E-state index contributed by atoms with van der Waals surface area (Å²) < 4.78 is 5.53. The summed E-state index contributed by atoms with van der Waals surface area (Å²) in [4.78, 5) is 38.4. The predicted molar refractivity (Wildman–Crippen MR) is 129 cm³/mol. The van der Waals surface area contributed by atoms with Crippen molar-refractivity contribution in [1.82, 2.24) is 5.32 Å². The maximum Gasteiger partial charge on any atom is 0.306 e. The van der Waals surface area contributed by atoms with Gasteiger partial charge >= 0.3 is 5.97 Å². The Labute approximate surface area is 196 Å². The van der Waals surface area contributed by atoms with Gasteiger partial charge in [0.25, 0.3) is 0 Å². The lowest BCUT2D eigenvalue weighted by Gasteiger charge is -2.34. The van der Waals surface area contributed by atoms with Crippen molar-refractivity contribution < 1.29 is 24.2 Å². The Balaban J connectivity index is 5.34. The van der Waals surface area contributed by atoms with E-state index < -0.39 is 11.3 Å². The van der Waals surface area contributed by atoms with E-state index in [2.05, 4.69) is 39.9 Å². The fraction of sp³-hybridized carbons (Fsp3) is 0.885. The van der Waals surface area contributed by atoms with Crippen molar-refractivity contribution in [1.29, 1.82) is 0 Å². The van der Waals surface area contributed by atoms with Gasteiger partial charge in [-0.2, -0.15) is 0 Å². The molecule has 0 bridgehead atoms. The molecule has 0 aliphatic heterocycles. The van der Waals surface area contributed by atoms with Crippen molar-refractivity contribution in [2.45, 2.75) is 101 Å². The summed E-state index contributed by atoms with van der Waals surface area (Å²) in [7, 11) is 0. The highest BCUT2D eigenvalue weighted by molar-refractivity contribution is 6.01. The maximum absolute atomic E-state index is 13.3. The molecule has 0 aliphatic rings. The number of amides is 1. The number of nitrogens with one attached hydrogen (secondary N) is 1. The molecule has 0 saturated heterocycles. The molecule has 0 fully saturated rings. The van der Waals surface area contributed by atoms with Crippen LogP contribution in [0.15, 0.2) is 0 Å². The van der Waals surface area contributed by atoms with Crippen molar-refractivity contribution in [2.75, 3.05) is 19.8 Å². The van der Waals surface area contributed by atoms with E-state index in [-0.39, 0.29) is 60.1 Å². The van der Waals surface area contributed by atoms with Crippen molar-refractivity contribution in [3.05, 3.63) is 0 Å². The Bertz CT molecular complexity index is 629. The van der Waals surface area contributed by atoms with Gasteiger partial charge in [0.2, 0.25) is 5.91 Å². The van der Waals surface area contributed by atoms with E-state index in [1.807, 2.05) is 34.6 Å². The second-order valence-electron chi connectivity index (χ2n) is 12.8. The SMILES string of the molecule is CCC(C)(C)CC(=O)OCC(C)(C)CC(C(=O)CC(C)(C)CC(C)(C)C)C(=O)NCCO. The first-order valence-corrected chi connectivity index (χ1v) is 11.9. The van der Waals surface area contributed by atoms with Crippen molar-refractivity contribution in [2.24, 2.45) is 27.6 Å². The highest BCUT2D eigenvalue weighted by atomic mass is 16.5. The minimum absolute atomic E-state index is 0.0676. The number of carbonyl (C=O) groups is 3. The van der Waals surface area contributed by atoms with E-state index in [0.29, 0.717) is 12.8 Å². The van der Waals surface area contributed by atoms with E-state index >= 15 is 0 Å². The second-order valence-corrected chi connectivity index (χ2v) is 12.8. The van der Waals surface area contributed by atoms with Crippen LogP contribution in [-0.2, 0) is 19.1 Å². The molecule has 0 aliphatic carbocycles. The fourth-order valence-corrected chi connectivity index (χ4v) is 4.20. The molecule has 0 aromatic rings. The summed E-state index contributed by atoms with van der Waals surface area (Å²) in [5, 5.41) is 11.7. The van der Waals surface area contributed by atoms with Crippen LogP contribution in [0, 0.1) is 27.6 Å². The molecular formula is C26H49NO5. The lowest BCUT2D eigenvalue weighted by molar-refractivity contribution is -0.149. The number of ether oxygens (including phenoxy) is 1. The Morgan fingerprint density at radius 2 is 1.44 bits per heavy atom. The zero-order valence-corrected chi connectivity index (χ0v) is 22.3. The third-order valence-corrected chi connectivity index (χ3v) is 5.74. The monoisotopic (exact) mass is 455 g/mol. The van der Waals surface area contributed by atoms with Crippen LogP contribution in [0.3, 0.4) is 0 Å². The van der Waals surface area contributed by atoms with E-state index in [0.717, 1.165) is 12.8 Å². The molecule has 6 nitrogen and oxygen atoms in total. The average molecular weight is 456 g/mol. The fourth-order valence-electron chi connectivity index (χ4n) is 4.20. The summed E-state index contributed by atoms with van der Waals surface area (Å²) in [5.74, 6) is -1.59. The van der Waals surface area contributed by atoms with Gasteiger partial charge in [-0.3, -0.25) is 14.4 Å². The quantitative estimate of drug-likeness (QED) is 0.286. The Kier molecular flexibility index (Phi) is 11.6. The van der Waals surface area contributed by atoms with Gasteiger partial charge in [0.1, 0.15) is 5.78 Å². The zero-order valence-electron chi connectivity index (χ0n) is 22.3. The summed E-state index contributed by atoms with van der Waals surface area (Å²) in [6, 6.07) is 0. The van der Waals surface area contributed by atoms with Crippen molar-refractivity contribution in [3.63, 3.8) is 0 Å². The summed E-state index contributed by atoms with van der Waals surface area (Å²) >= 11 is 0. The molecule has 0 aromatic heterocycles. The van der Waals surface area contributed by atoms with Crippen LogP contribution < -0.4 is 5.32 Å². The normalized spacial score (nSPS) is 14.1. The molecule has 0 aromatic carbocycles. The molecule has 1 atom stereocenters. The third kappa shape index (κ3) is 13.2. The lowest BCUT2D eigenvalue weighted by atomic mass is 9.71. The molecule has 1 unspecified atom stereocenters. The van der Waals surface area contributed by atoms with Crippen LogP contribution in [0.5, 0.6) is 0 Å². The van der Waals surface area contributed by atoms with Crippen LogP contribution in [0.4, 0.5) is 0 Å². The van der Waals surface area contributed by atoms with Gasteiger partial charge in [-0.1, -0.05) is 75.7 Å². The van der Waals surface area contributed by atoms with Gasteiger partial charge in [0.05, 0.1) is 25.6 Å². The molecule has 32 heavy (non-hydrogen) atoms. The van der Waals surface area contributed by atoms with Gasteiger partial charge in [-0.05, 0) is 29.1 Å². The standard InChI is InChI=1S/C26H49NO5/c1-11-24(5,6)16-21(30)32-18-26(9,10)14-19(22(31)27-12-13-28)20(29)15-25(7,8)17-23(2,3)4/h19,28H,11-18H2,1-10H3,(H,27,31). The van der Waals surface area contributed by atoms with Gasteiger partial charge in [0.15, 0.2) is 0 Å². The molecule has 6 heteroatoms. The third-order valence-electron chi connectivity index (χ3n) is 5.74. The number of aliphatic hydroxyl groups excluding tert-OH is 1. The largest absolute Gasteiger partial charge is 0.465 e. The van der Waals surface area contributed by atoms with E-state index in [1.54, 1.807) is 0 Å². The predicted octanol–water partition coefficient (Wildman–Crippen LogP) is 4.92. The first-order chi connectivity index (χ1) is 14.3. The number of carbonyl (C=O) groups excluding carboxylic acids is 3. The molecule has 1 amide bonds.